The first-order valence-corrected chi connectivity index (χ1v) is 6.64. The first-order chi connectivity index (χ1) is 9.45. The summed E-state index contributed by atoms with van der Waals surface area (Å²) in [6.45, 7) is 4.32. The number of hydrogen-bond donors (Lipinski definition) is 2. The van der Waals surface area contributed by atoms with Gasteiger partial charge in [0, 0.05) is 13.0 Å². The first kappa shape index (κ1) is 16.0. The van der Waals surface area contributed by atoms with Crippen LogP contribution in [-0.4, -0.2) is 25.7 Å². The van der Waals surface area contributed by atoms with Crippen LogP contribution >= 0.6 is 0 Å². The van der Waals surface area contributed by atoms with Gasteiger partial charge >= 0.3 is 12.0 Å². The second kappa shape index (κ2) is 7.53. The van der Waals surface area contributed by atoms with Gasteiger partial charge in [0.05, 0.1) is 12.6 Å². The number of methoxy groups -OCH3 is 1. The summed E-state index contributed by atoms with van der Waals surface area (Å²) >= 11 is 0. The van der Waals surface area contributed by atoms with Crippen LogP contribution in [-0.2, 0) is 15.1 Å². The van der Waals surface area contributed by atoms with E-state index in [1.807, 2.05) is 44.2 Å². The highest BCUT2D eigenvalue weighted by atomic mass is 16.5. The Hall–Kier alpha value is -2.04. The lowest BCUT2D eigenvalue weighted by Crippen LogP contribution is -2.46. The van der Waals surface area contributed by atoms with Gasteiger partial charge < -0.3 is 15.4 Å². The van der Waals surface area contributed by atoms with Crippen LogP contribution in [0.25, 0.3) is 0 Å². The summed E-state index contributed by atoms with van der Waals surface area (Å²) in [5.74, 6) is -0.267. The summed E-state index contributed by atoms with van der Waals surface area (Å²) < 4.78 is 4.53. The highest BCUT2D eigenvalue weighted by Crippen LogP contribution is 2.18. The van der Waals surface area contributed by atoms with Crippen LogP contribution in [0.1, 0.15) is 32.3 Å². The van der Waals surface area contributed by atoms with Gasteiger partial charge in [-0.3, -0.25) is 4.79 Å². The van der Waals surface area contributed by atoms with Gasteiger partial charge in [-0.25, -0.2) is 4.79 Å². The number of carbonyl (C=O) groups is 2. The van der Waals surface area contributed by atoms with E-state index in [1.54, 1.807) is 0 Å². The number of hydrogen-bond acceptors (Lipinski definition) is 3. The molecule has 0 aromatic heterocycles. The monoisotopic (exact) mass is 278 g/mol. The molecule has 0 bridgehead atoms. The molecule has 2 amide bonds. The van der Waals surface area contributed by atoms with E-state index in [4.69, 9.17) is 0 Å². The van der Waals surface area contributed by atoms with Gasteiger partial charge in [0.1, 0.15) is 0 Å². The second-order valence-corrected chi connectivity index (χ2v) is 5.05. The molecule has 0 saturated carbocycles. The van der Waals surface area contributed by atoms with Crippen LogP contribution in [0.15, 0.2) is 30.3 Å². The van der Waals surface area contributed by atoms with Gasteiger partial charge in [0.15, 0.2) is 0 Å². The van der Waals surface area contributed by atoms with Crippen LogP contribution in [0.4, 0.5) is 4.79 Å². The number of rotatable bonds is 6. The van der Waals surface area contributed by atoms with Crippen molar-refractivity contribution in [3.8, 4) is 0 Å². The van der Waals surface area contributed by atoms with Crippen molar-refractivity contribution >= 4 is 12.0 Å². The van der Waals surface area contributed by atoms with Crippen molar-refractivity contribution in [3.05, 3.63) is 35.9 Å². The average molecular weight is 278 g/mol. The lowest BCUT2D eigenvalue weighted by atomic mass is 9.95. The molecule has 5 nitrogen and oxygen atoms in total. The molecule has 20 heavy (non-hydrogen) atoms. The van der Waals surface area contributed by atoms with Crippen LogP contribution in [0, 0.1) is 0 Å². The number of nitrogens with one attached hydrogen (secondary N) is 2. The van der Waals surface area contributed by atoms with E-state index in [9.17, 15) is 9.59 Å². The number of amides is 2. The fraction of sp³-hybridized carbons (Fsp3) is 0.467. The predicted octanol–water partition coefficient (Wildman–Crippen LogP) is 2.17. The Morgan fingerprint density at radius 1 is 1.20 bits per heavy atom. The van der Waals surface area contributed by atoms with E-state index in [0.29, 0.717) is 19.4 Å². The van der Waals surface area contributed by atoms with Crippen LogP contribution in [0.5, 0.6) is 0 Å². The Labute approximate surface area is 119 Å². The number of esters is 1. The molecule has 0 aliphatic carbocycles. The number of benzene rings is 1. The minimum Gasteiger partial charge on any atom is -0.469 e. The van der Waals surface area contributed by atoms with Gasteiger partial charge in [-0.15, -0.1) is 0 Å². The molecular weight excluding hydrogens is 256 g/mol. The third-order valence-electron chi connectivity index (χ3n) is 2.99. The minimum atomic E-state index is -0.451. The largest absolute Gasteiger partial charge is 0.469 e. The molecular formula is C15H22N2O3. The van der Waals surface area contributed by atoms with Crippen molar-refractivity contribution < 1.29 is 14.3 Å². The smallest absolute Gasteiger partial charge is 0.315 e. The lowest BCUT2D eigenvalue weighted by Gasteiger charge is -2.27. The van der Waals surface area contributed by atoms with E-state index >= 15 is 0 Å². The maximum atomic E-state index is 11.8. The summed E-state index contributed by atoms with van der Waals surface area (Å²) in [4.78, 5) is 22.7. The molecule has 0 radical (unpaired) electrons. The van der Waals surface area contributed by atoms with Crippen molar-refractivity contribution in [1.82, 2.24) is 10.6 Å². The zero-order valence-electron chi connectivity index (χ0n) is 12.2. The van der Waals surface area contributed by atoms with Gasteiger partial charge in [-0.1, -0.05) is 30.3 Å². The molecule has 2 N–H and O–H groups in total. The molecule has 1 aromatic carbocycles. The SMILES string of the molecule is COC(=O)CCCNC(=O)NC(C)(C)c1ccccc1. The standard InChI is InChI=1S/C15H22N2O3/c1-15(2,12-8-5-4-6-9-12)17-14(19)16-11-7-10-13(18)20-3/h4-6,8-9H,7,10-11H2,1-3H3,(H2,16,17,19). The zero-order chi connectivity index (χ0) is 15.0. The summed E-state index contributed by atoms with van der Waals surface area (Å²) in [6, 6.07) is 9.51. The van der Waals surface area contributed by atoms with Crippen molar-refractivity contribution in [1.29, 1.82) is 0 Å². The lowest BCUT2D eigenvalue weighted by molar-refractivity contribution is -0.140. The highest BCUT2D eigenvalue weighted by molar-refractivity contribution is 5.75. The normalized spacial score (nSPS) is 10.8. The molecule has 1 rings (SSSR count). The summed E-state index contributed by atoms with van der Waals surface area (Å²) in [5.41, 5.74) is 0.581. The highest BCUT2D eigenvalue weighted by Gasteiger charge is 2.22. The fourth-order valence-corrected chi connectivity index (χ4v) is 1.79. The van der Waals surface area contributed by atoms with Crippen molar-refractivity contribution in [2.45, 2.75) is 32.2 Å². The number of carbonyl (C=O) groups excluding carboxylic acids is 2. The van der Waals surface area contributed by atoms with Crippen molar-refractivity contribution in [3.63, 3.8) is 0 Å². The fourth-order valence-electron chi connectivity index (χ4n) is 1.79. The van der Waals surface area contributed by atoms with Crippen LogP contribution in [0.2, 0.25) is 0 Å². The Balaban J connectivity index is 2.36. The minimum absolute atomic E-state index is 0.247. The summed E-state index contributed by atoms with van der Waals surface area (Å²) in [7, 11) is 1.35. The Morgan fingerprint density at radius 2 is 1.85 bits per heavy atom. The number of urea groups is 1. The van der Waals surface area contributed by atoms with Crippen molar-refractivity contribution in [2.24, 2.45) is 0 Å². The molecule has 1 aromatic rings. The van der Waals surface area contributed by atoms with Crippen LogP contribution < -0.4 is 10.6 Å². The van der Waals surface area contributed by atoms with Gasteiger partial charge in [-0.2, -0.15) is 0 Å². The maximum Gasteiger partial charge on any atom is 0.315 e. The van der Waals surface area contributed by atoms with Gasteiger partial charge in [-0.05, 0) is 25.8 Å². The molecule has 0 saturated heterocycles. The summed E-state index contributed by atoms with van der Waals surface area (Å²) in [6.07, 6.45) is 0.866. The van der Waals surface area contributed by atoms with E-state index < -0.39 is 5.54 Å². The topological polar surface area (TPSA) is 67.4 Å². The van der Waals surface area contributed by atoms with Gasteiger partial charge in [0.2, 0.25) is 0 Å². The molecule has 0 aliphatic heterocycles. The Morgan fingerprint density at radius 3 is 2.45 bits per heavy atom. The summed E-state index contributed by atoms with van der Waals surface area (Å²) in [5, 5.41) is 5.64. The molecule has 0 aliphatic rings. The second-order valence-electron chi connectivity index (χ2n) is 5.05. The van der Waals surface area contributed by atoms with Crippen molar-refractivity contribution in [2.75, 3.05) is 13.7 Å². The third kappa shape index (κ3) is 5.30. The quantitative estimate of drug-likeness (QED) is 0.619. The van der Waals surface area contributed by atoms with E-state index in [-0.39, 0.29) is 12.0 Å². The predicted molar refractivity (Wildman–Crippen MR) is 77.3 cm³/mol. The average Bonchev–Trinajstić information content (AvgIpc) is 2.43. The molecule has 0 unspecified atom stereocenters. The van der Waals surface area contributed by atoms with E-state index in [2.05, 4.69) is 15.4 Å². The maximum absolute atomic E-state index is 11.8. The molecule has 0 spiro atoms. The van der Waals surface area contributed by atoms with E-state index in [0.717, 1.165) is 5.56 Å². The Bertz CT molecular complexity index is 444. The van der Waals surface area contributed by atoms with Gasteiger partial charge in [0.25, 0.3) is 0 Å². The molecule has 0 heterocycles. The molecule has 0 atom stereocenters. The van der Waals surface area contributed by atoms with E-state index in [1.165, 1.54) is 7.11 Å². The zero-order valence-corrected chi connectivity index (χ0v) is 12.2. The first-order valence-electron chi connectivity index (χ1n) is 6.64. The molecule has 0 fully saturated rings. The molecule has 5 heteroatoms. The van der Waals surface area contributed by atoms with Crippen LogP contribution in [0.3, 0.4) is 0 Å². The third-order valence-corrected chi connectivity index (χ3v) is 2.99. The Kier molecular flexibility index (Phi) is 6.03. The number of ether oxygens (including phenoxy) is 1. The molecule has 110 valence electrons.